The van der Waals surface area contributed by atoms with Gasteiger partial charge in [0.25, 0.3) is 0 Å². The number of carbonyl (C=O) groups is 1. The van der Waals surface area contributed by atoms with Crippen LogP contribution in [-0.4, -0.2) is 25.1 Å². The number of anilines is 1. The van der Waals surface area contributed by atoms with Crippen LogP contribution in [0, 0.1) is 0 Å². The molecule has 132 valence electrons. The molecular weight excluding hydrogens is 348 g/mol. The lowest BCUT2D eigenvalue weighted by Gasteiger charge is -2.07. The van der Waals surface area contributed by atoms with Crippen molar-refractivity contribution < 1.29 is 13.2 Å². The summed E-state index contributed by atoms with van der Waals surface area (Å²) in [5, 5.41) is 2.58. The summed E-state index contributed by atoms with van der Waals surface area (Å²) in [7, 11) is -3.53. The third-order valence-corrected chi connectivity index (χ3v) is 5.58. The maximum Gasteiger partial charge on any atom is 0.226 e. The summed E-state index contributed by atoms with van der Waals surface area (Å²) < 4.78 is 24.9. The van der Waals surface area contributed by atoms with E-state index in [1.54, 1.807) is 48.7 Å². The number of nitrogens with one attached hydrogen (secondary N) is 1. The number of amides is 1. The normalized spacial score (nSPS) is 11.1. The van der Waals surface area contributed by atoms with Crippen molar-refractivity contribution in [2.75, 3.05) is 11.1 Å². The highest BCUT2D eigenvalue weighted by Crippen LogP contribution is 2.21. The van der Waals surface area contributed by atoms with Crippen LogP contribution in [0.5, 0.6) is 0 Å². The standard InChI is InChI=1S/C20H18N2O3S/c23-20(22-19-8-4-5-14-21-19)13-15-26(24,25)18-11-9-17(10-12-18)16-6-2-1-3-7-16/h1-12,14H,13,15H2,(H,21,22,23). The molecule has 1 N–H and O–H groups in total. The number of benzene rings is 2. The summed E-state index contributed by atoms with van der Waals surface area (Å²) >= 11 is 0. The predicted molar refractivity (Wildman–Crippen MR) is 101 cm³/mol. The molecule has 3 aromatic rings. The fourth-order valence-electron chi connectivity index (χ4n) is 2.47. The monoisotopic (exact) mass is 366 g/mol. The van der Waals surface area contributed by atoms with Crippen molar-refractivity contribution in [2.24, 2.45) is 0 Å². The molecule has 0 saturated heterocycles. The molecule has 0 saturated carbocycles. The first-order chi connectivity index (χ1) is 12.5. The number of sulfone groups is 1. The molecule has 0 unspecified atom stereocenters. The zero-order chi connectivity index (χ0) is 18.4. The third kappa shape index (κ3) is 4.55. The highest BCUT2D eigenvalue weighted by molar-refractivity contribution is 7.91. The van der Waals surface area contributed by atoms with Gasteiger partial charge in [-0.2, -0.15) is 0 Å². The Kier molecular flexibility index (Phi) is 5.43. The van der Waals surface area contributed by atoms with Gasteiger partial charge in [0.2, 0.25) is 5.91 Å². The van der Waals surface area contributed by atoms with Gasteiger partial charge in [0.1, 0.15) is 5.82 Å². The van der Waals surface area contributed by atoms with Gasteiger partial charge in [0.05, 0.1) is 10.6 Å². The second-order valence-electron chi connectivity index (χ2n) is 5.72. The zero-order valence-electron chi connectivity index (χ0n) is 14.0. The van der Waals surface area contributed by atoms with E-state index in [0.717, 1.165) is 11.1 Å². The number of rotatable bonds is 6. The number of nitrogens with zero attached hydrogens (tertiary/aromatic N) is 1. The molecule has 5 nitrogen and oxygen atoms in total. The molecule has 0 aliphatic carbocycles. The van der Waals surface area contributed by atoms with E-state index in [1.165, 1.54) is 0 Å². The van der Waals surface area contributed by atoms with Crippen LogP contribution in [0.3, 0.4) is 0 Å². The second kappa shape index (κ2) is 7.93. The highest BCUT2D eigenvalue weighted by atomic mass is 32.2. The molecule has 26 heavy (non-hydrogen) atoms. The number of hydrogen-bond acceptors (Lipinski definition) is 4. The van der Waals surface area contributed by atoms with Gasteiger partial charge < -0.3 is 5.32 Å². The van der Waals surface area contributed by atoms with Crippen LogP contribution in [0.25, 0.3) is 11.1 Å². The van der Waals surface area contributed by atoms with Gasteiger partial charge in [-0.25, -0.2) is 13.4 Å². The van der Waals surface area contributed by atoms with E-state index < -0.39 is 9.84 Å². The van der Waals surface area contributed by atoms with Crippen molar-refractivity contribution >= 4 is 21.6 Å². The molecule has 0 radical (unpaired) electrons. The molecule has 2 aromatic carbocycles. The fraction of sp³-hybridized carbons (Fsp3) is 0.100. The van der Waals surface area contributed by atoms with Crippen molar-refractivity contribution in [3.05, 3.63) is 79.0 Å². The summed E-state index contributed by atoms with van der Waals surface area (Å²) in [4.78, 5) is 16.1. The minimum absolute atomic E-state index is 0.126. The molecule has 1 aromatic heterocycles. The molecule has 0 atom stereocenters. The zero-order valence-corrected chi connectivity index (χ0v) is 14.8. The van der Waals surface area contributed by atoms with Crippen molar-refractivity contribution in [3.63, 3.8) is 0 Å². The molecule has 0 spiro atoms. The first-order valence-corrected chi connectivity index (χ1v) is 9.79. The van der Waals surface area contributed by atoms with E-state index >= 15 is 0 Å². The Morgan fingerprint density at radius 1 is 0.846 bits per heavy atom. The smallest absolute Gasteiger partial charge is 0.226 e. The van der Waals surface area contributed by atoms with Crippen molar-refractivity contribution in [3.8, 4) is 11.1 Å². The topological polar surface area (TPSA) is 76.1 Å². The lowest BCUT2D eigenvalue weighted by molar-refractivity contribution is -0.115. The molecule has 6 heteroatoms. The molecule has 0 fully saturated rings. The third-order valence-electron chi connectivity index (χ3n) is 3.85. The van der Waals surface area contributed by atoms with Crippen molar-refractivity contribution in [2.45, 2.75) is 11.3 Å². The molecule has 0 aliphatic rings. The number of carbonyl (C=O) groups excluding carboxylic acids is 1. The SMILES string of the molecule is O=C(CCS(=O)(=O)c1ccc(-c2ccccc2)cc1)Nc1ccccn1. The van der Waals surface area contributed by atoms with E-state index in [4.69, 9.17) is 0 Å². The maximum absolute atomic E-state index is 12.4. The maximum atomic E-state index is 12.4. The van der Waals surface area contributed by atoms with E-state index in [9.17, 15) is 13.2 Å². The molecule has 3 rings (SSSR count). The number of hydrogen-bond donors (Lipinski definition) is 1. The van der Waals surface area contributed by atoms with Crippen LogP contribution >= 0.6 is 0 Å². The number of aromatic nitrogens is 1. The first-order valence-electron chi connectivity index (χ1n) is 8.14. The quantitative estimate of drug-likeness (QED) is 0.724. The Labute approximate surface area is 152 Å². The summed E-state index contributed by atoms with van der Waals surface area (Å²) in [5.74, 6) is -0.230. The molecule has 0 bridgehead atoms. The first kappa shape index (κ1) is 17.8. The Morgan fingerprint density at radius 3 is 2.15 bits per heavy atom. The Morgan fingerprint density at radius 2 is 1.50 bits per heavy atom. The van der Waals surface area contributed by atoms with E-state index in [-0.39, 0.29) is 23.0 Å². The van der Waals surface area contributed by atoms with Gasteiger partial charge in [0, 0.05) is 12.6 Å². The molecule has 1 heterocycles. The average molecular weight is 366 g/mol. The summed E-state index contributed by atoms with van der Waals surface area (Å²) in [6.07, 6.45) is 1.43. The van der Waals surface area contributed by atoms with E-state index in [1.807, 2.05) is 30.3 Å². The van der Waals surface area contributed by atoms with Crippen molar-refractivity contribution in [1.82, 2.24) is 4.98 Å². The molecule has 1 amide bonds. The predicted octanol–water partition coefficient (Wildman–Crippen LogP) is 3.55. The summed E-state index contributed by atoms with van der Waals surface area (Å²) in [5.41, 5.74) is 1.96. The van der Waals surface area contributed by atoms with Crippen LogP contribution in [-0.2, 0) is 14.6 Å². The van der Waals surface area contributed by atoms with Crippen molar-refractivity contribution in [1.29, 1.82) is 0 Å². The van der Waals surface area contributed by atoms with Crippen LogP contribution in [0.4, 0.5) is 5.82 Å². The minimum atomic E-state index is -3.53. The fourth-order valence-corrected chi connectivity index (χ4v) is 3.71. The van der Waals surface area contributed by atoms with Crippen LogP contribution in [0.15, 0.2) is 83.9 Å². The lowest BCUT2D eigenvalue weighted by Crippen LogP contribution is -2.18. The summed E-state index contributed by atoms with van der Waals surface area (Å²) in [6.45, 7) is 0. The second-order valence-corrected chi connectivity index (χ2v) is 7.83. The van der Waals surface area contributed by atoms with Crippen LogP contribution < -0.4 is 5.32 Å². The van der Waals surface area contributed by atoms with Gasteiger partial charge in [-0.1, -0.05) is 48.5 Å². The Bertz CT molecular complexity index is 971. The Hall–Kier alpha value is -2.99. The number of pyridine rings is 1. The van der Waals surface area contributed by atoms with Crippen LogP contribution in [0.2, 0.25) is 0 Å². The van der Waals surface area contributed by atoms with E-state index in [0.29, 0.717) is 5.82 Å². The minimum Gasteiger partial charge on any atom is -0.311 e. The van der Waals surface area contributed by atoms with Gasteiger partial charge in [-0.3, -0.25) is 4.79 Å². The van der Waals surface area contributed by atoms with Gasteiger partial charge in [-0.05, 0) is 35.4 Å². The summed E-state index contributed by atoms with van der Waals surface area (Å²) in [6, 6.07) is 21.5. The average Bonchev–Trinajstić information content (AvgIpc) is 2.68. The molecule has 0 aliphatic heterocycles. The molecular formula is C20H18N2O3S. The van der Waals surface area contributed by atoms with E-state index in [2.05, 4.69) is 10.3 Å². The van der Waals surface area contributed by atoms with Gasteiger partial charge in [-0.15, -0.1) is 0 Å². The van der Waals surface area contributed by atoms with Gasteiger partial charge in [0.15, 0.2) is 9.84 Å². The lowest BCUT2D eigenvalue weighted by atomic mass is 10.1. The van der Waals surface area contributed by atoms with Gasteiger partial charge >= 0.3 is 0 Å². The highest BCUT2D eigenvalue weighted by Gasteiger charge is 2.17. The Balaban J connectivity index is 1.63. The van der Waals surface area contributed by atoms with Crippen LogP contribution in [0.1, 0.15) is 6.42 Å². The largest absolute Gasteiger partial charge is 0.311 e.